The molecular weight excluding hydrogens is 487 g/mol. The highest BCUT2D eigenvalue weighted by molar-refractivity contribution is 6.01. The summed E-state index contributed by atoms with van der Waals surface area (Å²) >= 11 is 0. The van der Waals surface area contributed by atoms with E-state index in [1.165, 1.54) is 21.9 Å². The first-order valence-corrected chi connectivity index (χ1v) is 12.2. The number of likely N-dealkylation sites (tertiary alicyclic amines) is 1. The van der Waals surface area contributed by atoms with Gasteiger partial charge in [-0.2, -0.15) is 0 Å². The van der Waals surface area contributed by atoms with E-state index in [9.17, 15) is 27.9 Å². The third-order valence-electron chi connectivity index (χ3n) is 5.89. The zero-order valence-corrected chi connectivity index (χ0v) is 21.8. The Bertz CT molecular complexity index is 1160. The minimum Gasteiger partial charge on any atom is -0.444 e. The molecule has 0 aliphatic carbocycles. The number of nitrogens with zero attached hydrogens (tertiary/aromatic N) is 2. The van der Waals surface area contributed by atoms with Gasteiger partial charge in [0.1, 0.15) is 17.0 Å². The second kappa shape index (κ2) is 11.0. The maximum atomic E-state index is 14.7. The van der Waals surface area contributed by atoms with Crippen LogP contribution in [0, 0.1) is 24.4 Å². The molecule has 10 heteroatoms. The Labute approximate surface area is 215 Å². The average Bonchev–Trinajstić information content (AvgIpc) is 2.78. The van der Waals surface area contributed by atoms with Crippen LogP contribution in [0.15, 0.2) is 30.3 Å². The molecule has 1 aliphatic rings. The van der Waals surface area contributed by atoms with Crippen LogP contribution in [0.3, 0.4) is 0 Å². The van der Waals surface area contributed by atoms with Gasteiger partial charge in [0.25, 0.3) is 5.91 Å². The summed E-state index contributed by atoms with van der Waals surface area (Å²) in [5, 5.41) is 13.5. The third kappa shape index (κ3) is 6.94. The molecule has 1 saturated heterocycles. The second-order valence-electron chi connectivity index (χ2n) is 10.5. The number of benzene rings is 2. The fourth-order valence-electron chi connectivity index (χ4n) is 4.05. The SMILES string of the molecule is CCCCN(CC1(O)CN(C(=O)c2ccc(F)c(F)c2Nc2ccc(C)cc2F)C1)C(=O)OC(C)(C)C. The maximum absolute atomic E-state index is 14.7. The predicted molar refractivity (Wildman–Crippen MR) is 134 cm³/mol. The topological polar surface area (TPSA) is 82.1 Å². The molecular formula is C27H34F3N3O4. The second-order valence-corrected chi connectivity index (χ2v) is 10.5. The molecule has 202 valence electrons. The zero-order chi connectivity index (χ0) is 27.5. The molecule has 3 rings (SSSR count). The summed E-state index contributed by atoms with van der Waals surface area (Å²) in [4.78, 5) is 28.5. The molecule has 0 unspecified atom stereocenters. The Morgan fingerprint density at radius 1 is 1.14 bits per heavy atom. The fraction of sp³-hybridized carbons (Fsp3) is 0.481. The van der Waals surface area contributed by atoms with E-state index in [0.717, 1.165) is 18.6 Å². The van der Waals surface area contributed by atoms with Gasteiger partial charge in [-0.3, -0.25) is 4.79 Å². The number of aryl methyl sites for hydroxylation is 1. The van der Waals surface area contributed by atoms with Crippen LogP contribution in [-0.2, 0) is 4.74 Å². The van der Waals surface area contributed by atoms with Crippen molar-refractivity contribution in [3.8, 4) is 0 Å². The van der Waals surface area contributed by atoms with Crippen LogP contribution in [0.2, 0.25) is 0 Å². The number of carbonyl (C=O) groups excluding carboxylic acids is 2. The first-order chi connectivity index (χ1) is 17.2. The molecule has 0 aromatic heterocycles. The Balaban J connectivity index is 1.76. The number of anilines is 2. The average molecular weight is 522 g/mol. The summed E-state index contributed by atoms with van der Waals surface area (Å²) in [7, 11) is 0. The van der Waals surface area contributed by atoms with Gasteiger partial charge in [-0.05, 0) is 63.9 Å². The van der Waals surface area contributed by atoms with E-state index in [0.29, 0.717) is 18.5 Å². The van der Waals surface area contributed by atoms with Gasteiger partial charge < -0.3 is 25.0 Å². The van der Waals surface area contributed by atoms with E-state index in [1.807, 2.05) is 6.92 Å². The van der Waals surface area contributed by atoms with Gasteiger partial charge in [-0.15, -0.1) is 0 Å². The molecule has 0 bridgehead atoms. The van der Waals surface area contributed by atoms with Gasteiger partial charge in [-0.1, -0.05) is 19.4 Å². The number of amides is 2. The molecule has 0 saturated carbocycles. The normalized spacial score (nSPS) is 14.7. The molecule has 0 atom stereocenters. The maximum Gasteiger partial charge on any atom is 0.410 e. The smallest absolute Gasteiger partial charge is 0.410 e. The number of β-amino-alcohol motifs (C(OH)–C–C–N with tert-alkyl or cyclic N) is 1. The monoisotopic (exact) mass is 521 g/mol. The molecule has 2 N–H and O–H groups in total. The molecule has 7 nitrogen and oxygen atoms in total. The van der Waals surface area contributed by atoms with Crippen molar-refractivity contribution in [3.05, 3.63) is 58.9 Å². The number of nitrogens with one attached hydrogen (secondary N) is 1. The Morgan fingerprint density at radius 3 is 2.41 bits per heavy atom. The summed E-state index contributed by atoms with van der Waals surface area (Å²) in [6.45, 7) is 8.96. The van der Waals surface area contributed by atoms with E-state index >= 15 is 0 Å². The zero-order valence-electron chi connectivity index (χ0n) is 21.8. The number of hydrogen-bond acceptors (Lipinski definition) is 5. The molecule has 0 radical (unpaired) electrons. The predicted octanol–water partition coefficient (Wildman–Crippen LogP) is 5.38. The lowest BCUT2D eigenvalue weighted by molar-refractivity contribution is -0.0980. The van der Waals surface area contributed by atoms with Gasteiger partial charge in [-0.25, -0.2) is 18.0 Å². The highest BCUT2D eigenvalue weighted by Gasteiger charge is 2.46. The number of halogens is 3. The van der Waals surface area contributed by atoms with Crippen molar-refractivity contribution in [1.82, 2.24) is 9.80 Å². The van der Waals surface area contributed by atoms with Crippen LogP contribution >= 0.6 is 0 Å². The van der Waals surface area contributed by atoms with Crippen LogP contribution in [0.1, 0.15) is 56.5 Å². The largest absolute Gasteiger partial charge is 0.444 e. The van der Waals surface area contributed by atoms with Crippen LogP contribution in [0.4, 0.5) is 29.3 Å². The van der Waals surface area contributed by atoms with Crippen molar-refractivity contribution in [2.24, 2.45) is 0 Å². The van der Waals surface area contributed by atoms with E-state index in [4.69, 9.17) is 4.74 Å². The van der Waals surface area contributed by atoms with Crippen molar-refractivity contribution in [2.45, 2.75) is 58.7 Å². The summed E-state index contributed by atoms with van der Waals surface area (Å²) in [5.74, 6) is -3.88. The number of ether oxygens (including phenoxy) is 1. The summed E-state index contributed by atoms with van der Waals surface area (Å²) in [5.41, 5.74) is -2.29. The van der Waals surface area contributed by atoms with Gasteiger partial charge in [0.15, 0.2) is 11.6 Å². The fourth-order valence-corrected chi connectivity index (χ4v) is 4.05. The van der Waals surface area contributed by atoms with Crippen molar-refractivity contribution in [2.75, 3.05) is 31.5 Å². The molecule has 1 aliphatic heterocycles. The van der Waals surface area contributed by atoms with Gasteiger partial charge >= 0.3 is 6.09 Å². The number of hydrogen-bond donors (Lipinski definition) is 2. The molecule has 37 heavy (non-hydrogen) atoms. The summed E-state index contributed by atoms with van der Waals surface area (Å²) in [6, 6.07) is 6.12. The third-order valence-corrected chi connectivity index (χ3v) is 5.89. The van der Waals surface area contributed by atoms with E-state index in [2.05, 4.69) is 5.32 Å². The Hall–Kier alpha value is -3.27. The minimum atomic E-state index is -1.39. The standard InChI is InChI=1S/C27H34F3N3O4/c1-6-7-12-32(25(35)37-26(3,4)5)14-27(36)15-33(16-27)24(34)18-9-10-19(28)22(30)23(18)31-21-11-8-17(2)13-20(21)29/h8-11,13,31,36H,6-7,12,14-16H2,1-5H3. The number of aliphatic hydroxyl groups is 1. The molecule has 2 amide bonds. The number of carbonyl (C=O) groups is 2. The van der Waals surface area contributed by atoms with Gasteiger partial charge in [0.2, 0.25) is 0 Å². The lowest BCUT2D eigenvalue weighted by Gasteiger charge is -2.48. The number of rotatable bonds is 8. The van der Waals surface area contributed by atoms with E-state index in [1.54, 1.807) is 33.8 Å². The Morgan fingerprint density at radius 2 is 1.81 bits per heavy atom. The molecule has 2 aromatic carbocycles. The molecule has 0 spiro atoms. The number of unbranched alkanes of at least 4 members (excludes halogenated alkanes) is 1. The first-order valence-electron chi connectivity index (χ1n) is 12.2. The van der Waals surface area contributed by atoms with Crippen molar-refractivity contribution in [1.29, 1.82) is 0 Å². The van der Waals surface area contributed by atoms with Crippen molar-refractivity contribution < 1.29 is 32.6 Å². The Kier molecular flexibility index (Phi) is 8.42. The highest BCUT2D eigenvalue weighted by atomic mass is 19.2. The van der Waals surface area contributed by atoms with Crippen LogP contribution in [0.5, 0.6) is 0 Å². The van der Waals surface area contributed by atoms with E-state index in [-0.39, 0.29) is 30.9 Å². The summed E-state index contributed by atoms with van der Waals surface area (Å²) < 4.78 is 48.6. The summed E-state index contributed by atoms with van der Waals surface area (Å²) in [6.07, 6.45) is 0.971. The van der Waals surface area contributed by atoms with Crippen molar-refractivity contribution >= 4 is 23.4 Å². The molecule has 1 fully saturated rings. The quantitative estimate of drug-likeness (QED) is 0.488. The van der Waals surface area contributed by atoms with Crippen molar-refractivity contribution in [3.63, 3.8) is 0 Å². The molecule has 2 aromatic rings. The van der Waals surface area contributed by atoms with Crippen LogP contribution in [-0.4, -0.2) is 64.3 Å². The lowest BCUT2D eigenvalue weighted by atomic mass is 9.92. The highest BCUT2D eigenvalue weighted by Crippen LogP contribution is 2.32. The van der Waals surface area contributed by atoms with Crippen LogP contribution < -0.4 is 5.32 Å². The first kappa shape index (κ1) is 28.3. The van der Waals surface area contributed by atoms with Gasteiger partial charge in [0, 0.05) is 6.54 Å². The van der Waals surface area contributed by atoms with E-state index < -0.39 is 46.3 Å². The van der Waals surface area contributed by atoms with Crippen LogP contribution in [0.25, 0.3) is 0 Å². The molecule has 1 heterocycles. The lowest BCUT2D eigenvalue weighted by Crippen LogP contribution is -2.68. The minimum absolute atomic E-state index is 0.0524. The van der Waals surface area contributed by atoms with Gasteiger partial charge in [0.05, 0.1) is 36.6 Å².